The molecule has 1 saturated heterocycles. The molecule has 70 valence electrons. The first kappa shape index (κ1) is 8.55. The average molecular weight is 168 g/mol. The molecule has 1 aliphatic carbocycles. The summed E-state index contributed by atoms with van der Waals surface area (Å²) >= 11 is 0. The molecule has 1 aliphatic heterocycles. The van der Waals surface area contributed by atoms with Crippen LogP contribution < -0.4 is 0 Å². The highest BCUT2D eigenvalue weighted by Gasteiger charge is 2.44. The normalized spacial score (nSPS) is 28.8. The van der Waals surface area contributed by atoms with Gasteiger partial charge in [0.05, 0.1) is 0 Å². The van der Waals surface area contributed by atoms with Crippen LogP contribution in [-0.2, 0) is 4.74 Å². The van der Waals surface area contributed by atoms with Gasteiger partial charge in [0.1, 0.15) is 0 Å². The lowest BCUT2D eigenvalue weighted by Crippen LogP contribution is -2.31. The smallest absolute Gasteiger partial charge is 0.0471 e. The predicted octanol–water partition coefficient (Wildman–Crippen LogP) is 2.99. The molecule has 0 unspecified atom stereocenters. The molecule has 12 heavy (non-hydrogen) atoms. The fourth-order valence-corrected chi connectivity index (χ4v) is 2.83. The van der Waals surface area contributed by atoms with Crippen molar-refractivity contribution in [3.63, 3.8) is 0 Å². The molecule has 0 amide bonds. The molecule has 0 aromatic rings. The fourth-order valence-electron chi connectivity index (χ4n) is 2.83. The van der Waals surface area contributed by atoms with E-state index >= 15 is 0 Å². The molecule has 0 spiro atoms. The number of hydrogen-bond donors (Lipinski definition) is 0. The van der Waals surface area contributed by atoms with E-state index in [9.17, 15) is 0 Å². The van der Waals surface area contributed by atoms with Crippen LogP contribution in [0.3, 0.4) is 0 Å². The maximum absolute atomic E-state index is 5.45. The van der Waals surface area contributed by atoms with Crippen LogP contribution in [0.5, 0.6) is 0 Å². The zero-order valence-corrected chi connectivity index (χ0v) is 8.14. The molecule has 2 fully saturated rings. The third kappa shape index (κ3) is 1.52. The Hall–Kier alpha value is -0.0400. The van der Waals surface area contributed by atoms with Crippen molar-refractivity contribution in [1.29, 1.82) is 0 Å². The lowest BCUT2D eigenvalue weighted by atomic mass is 9.72. The van der Waals surface area contributed by atoms with Gasteiger partial charge in [0, 0.05) is 13.2 Å². The molecule has 2 rings (SSSR count). The molecule has 2 aliphatic rings. The summed E-state index contributed by atoms with van der Waals surface area (Å²) in [5, 5.41) is 0. The van der Waals surface area contributed by atoms with Gasteiger partial charge in [0.15, 0.2) is 0 Å². The van der Waals surface area contributed by atoms with Gasteiger partial charge in [-0.2, -0.15) is 0 Å². The van der Waals surface area contributed by atoms with Crippen molar-refractivity contribution < 1.29 is 4.74 Å². The van der Waals surface area contributed by atoms with Gasteiger partial charge in [-0.3, -0.25) is 0 Å². The second-order valence-electron chi connectivity index (χ2n) is 4.50. The predicted molar refractivity (Wildman–Crippen MR) is 50.1 cm³/mol. The number of ether oxygens (including phenoxy) is 1. The van der Waals surface area contributed by atoms with E-state index in [4.69, 9.17) is 4.74 Å². The Labute approximate surface area is 75.5 Å². The minimum Gasteiger partial charge on any atom is -0.381 e. The monoisotopic (exact) mass is 168 g/mol. The second kappa shape index (κ2) is 3.37. The summed E-state index contributed by atoms with van der Waals surface area (Å²) in [4.78, 5) is 0. The molecule has 0 aromatic heterocycles. The lowest BCUT2D eigenvalue weighted by molar-refractivity contribution is -0.00256. The SMILES string of the molecule is CCCC1(C2CC2)CCOCC1. The zero-order chi connectivity index (χ0) is 8.44. The highest BCUT2D eigenvalue weighted by Crippen LogP contribution is 2.53. The molecular weight excluding hydrogens is 148 g/mol. The first-order valence-corrected chi connectivity index (χ1v) is 5.45. The molecule has 1 heteroatoms. The van der Waals surface area contributed by atoms with Crippen molar-refractivity contribution in [2.75, 3.05) is 13.2 Å². The highest BCUT2D eigenvalue weighted by molar-refractivity contribution is 4.94. The number of hydrogen-bond acceptors (Lipinski definition) is 1. The molecule has 0 atom stereocenters. The molecule has 0 aromatic carbocycles. The van der Waals surface area contributed by atoms with E-state index in [0.29, 0.717) is 5.41 Å². The van der Waals surface area contributed by atoms with Crippen molar-refractivity contribution in [2.45, 2.75) is 45.4 Å². The zero-order valence-electron chi connectivity index (χ0n) is 8.14. The quantitative estimate of drug-likeness (QED) is 0.629. The Morgan fingerprint density at radius 3 is 2.42 bits per heavy atom. The van der Waals surface area contributed by atoms with Crippen LogP contribution in [0, 0.1) is 11.3 Å². The first-order chi connectivity index (χ1) is 5.87. The minimum atomic E-state index is 0.715. The van der Waals surface area contributed by atoms with E-state index < -0.39 is 0 Å². The summed E-state index contributed by atoms with van der Waals surface area (Å²) in [6.07, 6.45) is 8.48. The van der Waals surface area contributed by atoms with Gasteiger partial charge < -0.3 is 4.74 Å². The topological polar surface area (TPSA) is 9.23 Å². The Balaban J connectivity index is 1.98. The van der Waals surface area contributed by atoms with Gasteiger partial charge in [-0.1, -0.05) is 13.3 Å². The van der Waals surface area contributed by atoms with Crippen LogP contribution in [0.2, 0.25) is 0 Å². The van der Waals surface area contributed by atoms with Crippen LogP contribution in [-0.4, -0.2) is 13.2 Å². The van der Waals surface area contributed by atoms with Crippen molar-refractivity contribution in [3.8, 4) is 0 Å². The molecule has 1 nitrogen and oxygen atoms in total. The van der Waals surface area contributed by atoms with E-state index in [1.807, 2.05) is 0 Å². The largest absolute Gasteiger partial charge is 0.381 e. The summed E-state index contributed by atoms with van der Waals surface area (Å²) in [5.41, 5.74) is 0.715. The Morgan fingerprint density at radius 1 is 1.25 bits per heavy atom. The summed E-state index contributed by atoms with van der Waals surface area (Å²) in [5.74, 6) is 1.07. The van der Waals surface area contributed by atoms with E-state index in [0.717, 1.165) is 19.1 Å². The first-order valence-electron chi connectivity index (χ1n) is 5.45. The van der Waals surface area contributed by atoms with Gasteiger partial charge in [-0.25, -0.2) is 0 Å². The average Bonchev–Trinajstić information content (AvgIpc) is 2.89. The van der Waals surface area contributed by atoms with Crippen LogP contribution in [0.25, 0.3) is 0 Å². The Morgan fingerprint density at radius 2 is 1.92 bits per heavy atom. The second-order valence-corrected chi connectivity index (χ2v) is 4.50. The van der Waals surface area contributed by atoms with Crippen molar-refractivity contribution in [2.24, 2.45) is 11.3 Å². The van der Waals surface area contributed by atoms with E-state index in [1.54, 1.807) is 0 Å². The van der Waals surface area contributed by atoms with Crippen molar-refractivity contribution >= 4 is 0 Å². The summed E-state index contributed by atoms with van der Waals surface area (Å²) in [7, 11) is 0. The van der Waals surface area contributed by atoms with Gasteiger partial charge in [-0.05, 0) is 43.4 Å². The van der Waals surface area contributed by atoms with Gasteiger partial charge in [0.2, 0.25) is 0 Å². The molecule has 0 N–H and O–H groups in total. The summed E-state index contributed by atoms with van der Waals surface area (Å²) in [6.45, 7) is 4.37. The van der Waals surface area contributed by atoms with Crippen LogP contribution in [0.1, 0.15) is 45.4 Å². The standard InChI is InChI=1S/C11H20O/c1-2-5-11(10-3-4-10)6-8-12-9-7-11/h10H,2-9H2,1H3. The molecule has 1 heterocycles. The molecule has 1 saturated carbocycles. The van der Waals surface area contributed by atoms with E-state index in [-0.39, 0.29) is 0 Å². The third-order valence-electron chi connectivity index (χ3n) is 3.68. The third-order valence-corrected chi connectivity index (χ3v) is 3.68. The number of rotatable bonds is 3. The van der Waals surface area contributed by atoms with E-state index in [1.165, 1.54) is 38.5 Å². The van der Waals surface area contributed by atoms with Crippen LogP contribution in [0.15, 0.2) is 0 Å². The summed E-state index contributed by atoms with van der Waals surface area (Å²) in [6, 6.07) is 0. The van der Waals surface area contributed by atoms with Gasteiger partial charge >= 0.3 is 0 Å². The summed E-state index contributed by atoms with van der Waals surface area (Å²) < 4.78 is 5.45. The molecule has 0 radical (unpaired) electrons. The highest BCUT2D eigenvalue weighted by atomic mass is 16.5. The minimum absolute atomic E-state index is 0.715. The van der Waals surface area contributed by atoms with Crippen LogP contribution in [0.4, 0.5) is 0 Å². The maximum Gasteiger partial charge on any atom is 0.0471 e. The Bertz CT molecular complexity index is 138. The molecular formula is C11H20O. The van der Waals surface area contributed by atoms with Crippen molar-refractivity contribution in [1.82, 2.24) is 0 Å². The van der Waals surface area contributed by atoms with Gasteiger partial charge in [0.25, 0.3) is 0 Å². The van der Waals surface area contributed by atoms with Gasteiger partial charge in [-0.15, -0.1) is 0 Å². The maximum atomic E-state index is 5.45. The van der Waals surface area contributed by atoms with Crippen LogP contribution >= 0.6 is 0 Å². The Kier molecular flexibility index (Phi) is 2.40. The fraction of sp³-hybridized carbons (Fsp3) is 1.00. The van der Waals surface area contributed by atoms with Crippen molar-refractivity contribution in [3.05, 3.63) is 0 Å². The lowest BCUT2D eigenvalue weighted by Gasteiger charge is -2.37. The molecule has 0 bridgehead atoms. The van der Waals surface area contributed by atoms with E-state index in [2.05, 4.69) is 6.92 Å².